The van der Waals surface area contributed by atoms with Gasteiger partial charge in [0, 0.05) is 48.9 Å². The SMILES string of the molecule is COc1cccc(C(=O)N2CCN(C(=O)c3ccc(CS(=O)(=O)c4cccc5cccnc45)cc3)CC2)c1. The van der Waals surface area contributed by atoms with Gasteiger partial charge in [-0.15, -0.1) is 0 Å². The molecule has 1 aliphatic heterocycles. The van der Waals surface area contributed by atoms with Gasteiger partial charge in [-0.3, -0.25) is 14.6 Å². The molecule has 9 heteroatoms. The van der Waals surface area contributed by atoms with Crippen molar-refractivity contribution in [3.63, 3.8) is 0 Å². The van der Waals surface area contributed by atoms with Crippen molar-refractivity contribution in [2.24, 2.45) is 0 Å². The van der Waals surface area contributed by atoms with Gasteiger partial charge in [0.25, 0.3) is 11.8 Å². The summed E-state index contributed by atoms with van der Waals surface area (Å²) in [5.74, 6) is 0.186. The zero-order chi connectivity index (χ0) is 26.7. The van der Waals surface area contributed by atoms with E-state index in [9.17, 15) is 18.0 Å². The van der Waals surface area contributed by atoms with Crippen molar-refractivity contribution in [2.75, 3.05) is 33.3 Å². The Kier molecular flexibility index (Phi) is 7.11. The van der Waals surface area contributed by atoms with E-state index < -0.39 is 9.84 Å². The van der Waals surface area contributed by atoms with E-state index in [1.807, 2.05) is 12.1 Å². The molecule has 1 aromatic heterocycles. The van der Waals surface area contributed by atoms with Crippen molar-refractivity contribution >= 4 is 32.6 Å². The normalized spacial score (nSPS) is 13.9. The minimum Gasteiger partial charge on any atom is -0.497 e. The van der Waals surface area contributed by atoms with Crippen LogP contribution in [0.15, 0.2) is 90.0 Å². The Morgan fingerprint density at radius 1 is 0.816 bits per heavy atom. The maximum atomic E-state index is 13.2. The van der Waals surface area contributed by atoms with E-state index in [4.69, 9.17) is 4.74 Å². The molecule has 0 aliphatic carbocycles. The molecule has 38 heavy (non-hydrogen) atoms. The van der Waals surface area contributed by atoms with E-state index in [0.29, 0.717) is 54.1 Å². The number of nitrogens with zero attached hydrogens (tertiary/aromatic N) is 3. The van der Waals surface area contributed by atoms with E-state index >= 15 is 0 Å². The summed E-state index contributed by atoms with van der Waals surface area (Å²) in [5, 5.41) is 0.764. The van der Waals surface area contributed by atoms with Crippen LogP contribution in [0.2, 0.25) is 0 Å². The van der Waals surface area contributed by atoms with Gasteiger partial charge in [0.15, 0.2) is 9.84 Å². The Labute approximate surface area is 221 Å². The number of fused-ring (bicyclic) bond motifs is 1. The monoisotopic (exact) mass is 529 g/mol. The lowest BCUT2D eigenvalue weighted by Crippen LogP contribution is -2.50. The van der Waals surface area contributed by atoms with Crippen molar-refractivity contribution in [3.8, 4) is 5.75 Å². The first-order valence-electron chi connectivity index (χ1n) is 12.2. The molecule has 0 bridgehead atoms. The number of carbonyl (C=O) groups is 2. The molecule has 1 saturated heterocycles. The van der Waals surface area contributed by atoms with Crippen LogP contribution in [-0.4, -0.2) is 68.3 Å². The fourth-order valence-electron chi connectivity index (χ4n) is 4.60. The summed E-state index contributed by atoms with van der Waals surface area (Å²) < 4.78 is 31.5. The summed E-state index contributed by atoms with van der Waals surface area (Å²) in [6, 6.07) is 22.4. The van der Waals surface area contributed by atoms with Crippen molar-refractivity contribution in [3.05, 3.63) is 102 Å². The molecule has 0 unspecified atom stereocenters. The molecule has 0 N–H and O–H groups in total. The Hall–Kier alpha value is -4.24. The Morgan fingerprint density at radius 2 is 1.45 bits per heavy atom. The fraction of sp³-hybridized carbons (Fsp3) is 0.207. The Bertz CT molecular complexity index is 1590. The van der Waals surface area contributed by atoms with Crippen molar-refractivity contribution < 1.29 is 22.7 Å². The fourth-order valence-corrected chi connectivity index (χ4v) is 6.14. The van der Waals surface area contributed by atoms with Gasteiger partial charge in [-0.2, -0.15) is 0 Å². The highest BCUT2D eigenvalue weighted by molar-refractivity contribution is 7.90. The second-order valence-electron chi connectivity index (χ2n) is 9.10. The highest BCUT2D eigenvalue weighted by Crippen LogP contribution is 2.24. The van der Waals surface area contributed by atoms with Gasteiger partial charge >= 0.3 is 0 Å². The molecule has 0 spiro atoms. The van der Waals surface area contributed by atoms with Gasteiger partial charge in [0.05, 0.1) is 23.3 Å². The first-order valence-corrected chi connectivity index (χ1v) is 13.9. The van der Waals surface area contributed by atoms with Gasteiger partial charge in [-0.25, -0.2) is 8.42 Å². The predicted molar refractivity (Wildman–Crippen MR) is 144 cm³/mol. The number of piperazine rings is 1. The zero-order valence-electron chi connectivity index (χ0n) is 20.9. The molecule has 2 heterocycles. The average Bonchev–Trinajstić information content (AvgIpc) is 2.96. The van der Waals surface area contributed by atoms with E-state index in [1.165, 1.54) is 0 Å². The Morgan fingerprint density at radius 3 is 2.13 bits per heavy atom. The minimum atomic E-state index is -3.64. The maximum Gasteiger partial charge on any atom is 0.254 e. The lowest BCUT2D eigenvalue weighted by atomic mass is 10.1. The molecule has 0 saturated carbocycles. The van der Waals surface area contributed by atoms with Crippen LogP contribution in [0.25, 0.3) is 10.9 Å². The summed E-state index contributed by atoms with van der Waals surface area (Å²) >= 11 is 0. The average molecular weight is 530 g/mol. The zero-order valence-corrected chi connectivity index (χ0v) is 21.7. The quantitative estimate of drug-likeness (QED) is 0.377. The van der Waals surface area contributed by atoms with E-state index in [-0.39, 0.29) is 22.5 Å². The van der Waals surface area contributed by atoms with Gasteiger partial charge in [0.2, 0.25) is 0 Å². The number of amides is 2. The number of carbonyl (C=O) groups excluding carboxylic acids is 2. The number of hydrogen-bond donors (Lipinski definition) is 0. The molecule has 1 aliphatic rings. The number of para-hydroxylation sites is 1. The van der Waals surface area contributed by atoms with Crippen molar-refractivity contribution in [1.29, 1.82) is 0 Å². The number of benzene rings is 3. The van der Waals surface area contributed by atoms with Crippen LogP contribution in [0.4, 0.5) is 0 Å². The van der Waals surface area contributed by atoms with E-state index in [1.54, 1.807) is 89.8 Å². The maximum absolute atomic E-state index is 13.2. The van der Waals surface area contributed by atoms with Crippen LogP contribution in [0, 0.1) is 0 Å². The van der Waals surface area contributed by atoms with Gasteiger partial charge in [-0.1, -0.05) is 36.4 Å². The molecular weight excluding hydrogens is 502 g/mol. The van der Waals surface area contributed by atoms with Gasteiger partial charge < -0.3 is 14.5 Å². The summed E-state index contributed by atoms with van der Waals surface area (Å²) in [6.45, 7) is 1.69. The second-order valence-corrected chi connectivity index (χ2v) is 11.1. The largest absolute Gasteiger partial charge is 0.497 e. The molecule has 8 nitrogen and oxygen atoms in total. The lowest BCUT2D eigenvalue weighted by molar-refractivity contribution is 0.0535. The van der Waals surface area contributed by atoms with Gasteiger partial charge in [0.1, 0.15) is 5.75 Å². The third kappa shape index (κ3) is 5.24. The molecule has 1 fully saturated rings. The topological polar surface area (TPSA) is 96.9 Å². The lowest BCUT2D eigenvalue weighted by Gasteiger charge is -2.35. The third-order valence-corrected chi connectivity index (χ3v) is 8.37. The first kappa shape index (κ1) is 25.4. The molecule has 0 radical (unpaired) electrons. The van der Waals surface area contributed by atoms with Crippen molar-refractivity contribution in [1.82, 2.24) is 14.8 Å². The molecular formula is C29H27N3O5S. The summed E-state index contributed by atoms with van der Waals surface area (Å²) in [7, 11) is -2.08. The highest BCUT2D eigenvalue weighted by atomic mass is 32.2. The summed E-state index contributed by atoms with van der Waals surface area (Å²) in [6.07, 6.45) is 1.58. The van der Waals surface area contributed by atoms with Crippen molar-refractivity contribution in [2.45, 2.75) is 10.6 Å². The third-order valence-electron chi connectivity index (χ3n) is 6.66. The van der Waals surface area contributed by atoms with Crippen LogP contribution in [0.3, 0.4) is 0 Å². The molecule has 4 aromatic rings. The highest BCUT2D eigenvalue weighted by Gasteiger charge is 2.26. The number of sulfone groups is 1. The molecule has 2 amide bonds. The van der Waals surface area contributed by atoms with Gasteiger partial charge in [-0.05, 0) is 48.0 Å². The van der Waals surface area contributed by atoms with E-state index in [2.05, 4.69) is 4.98 Å². The van der Waals surface area contributed by atoms with Crippen LogP contribution >= 0.6 is 0 Å². The summed E-state index contributed by atoms with van der Waals surface area (Å²) in [4.78, 5) is 33.8. The Balaban J connectivity index is 1.22. The van der Waals surface area contributed by atoms with E-state index in [0.717, 1.165) is 5.39 Å². The molecule has 194 valence electrons. The molecule has 3 aromatic carbocycles. The predicted octanol–water partition coefficient (Wildman–Crippen LogP) is 3.82. The number of ether oxygens (including phenoxy) is 1. The van der Waals surface area contributed by atoms with Crippen LogP contribution in [-0.2, 0) is 15.6 Å². The number of rotatable bonds is 6. The number of aromatic nitrogens is 1. The number of pyridine rings is 1. The van der Waals surface area contributed by atoms with Crippen LogP contribution in [0.1, 0.15) is 26.3 Å². The molecule has 5 rings (SSSR count). The minimum absolute atomic E-state index is 0.0945. The smallest absolute Gasteiger partial charge is 0.254 e. The standard InChI is InChI=1S/C29H27N3O5S/c1-37-25-8-2-6-24(19-25)29(34)32-17-15-31(16-18-32)28(33)23-12-10-21(11-13-23)20-38(35,36)26-9-3-5-22-7-4-14-30-27(22)26/h2-14,19H,15-18,20H2,1H3. The number of methoxy groups -OCH3 is 1. The number of hydrogen-bond acceptors (Lipinski definition) is 6. The second kappa shape index (κ2) is 10.6. The first-order chi connectivity index (χ1) is 18.4. The summed E-state index contributed by atoms with van der Waals surface area (Å²) in [5.41, 5.74) is 2.06. The van der Waals surface area contributed by atoms with Crippen LogP contribution in [0.5, 0.6) is 5.75 Å². The van der Waals surface area contributed by atoms with Crippen LogP contribution < -0.4 is 4.74 Å². The molecule has 0 atom stereocenters.